The van der Waals surface area contributed by atoms with Gasteiger partial charge in [0.05, 0.1) is 23.7 Å². The number of hydrogen-bond acceptors (Lipinski definition) is 2. The predicted octanol–water partition coefficient (Wildman–Crippen LogP) is 2.08. The van der Waals surface area contributed by atoms with E-state index in [0.29, 0.717) is 17.1 Å². The van der Waals surface area contributed by atoms with Gasteiger partial charge in [0.15, 0.2) is 0 Å². The first-order valence-corrected chi connectivity index (χ1v) is 5.30. The molecule has 1 heterocycles. The van der Waals surface area contributed by atoms with E-state index in [2.05, 4.69) is 21.2 Å². The van der Waals surface area contributed by atoms with E-state index in [1.807, 2.05) is 6.07 Å². The van der Waals surface area contributed by atoms with E-state index in [-0.39, 0.29) is 5.82 Å². The monoisotopic (exact) mass is 259 g/mol. The fraction of sp³-hybridized carbons (Fsp3) is 0.400. The number of nitrogens with one attached hydrogen (secondary N) is 1. The first-order chi connectivity index (χ1) is 6.75. The van der Waals surface area contributed by atoms with Crippen LogP contribution in [0, 0.1) is 5.82 Å². The highest BCUT2D eigenvalue weighted by Gasteiger charge is 2.16. The van der Waals surface area contributed by atoms with Gasteiger partial charge in [0, 0.05) is 6.54 Å². The topological polar surface area (TPSA) is 21.3 Å². The highest BCUT2D eigenvalue weighted by molar-refractivity contribution is 9.10. The Kier molecular flexibility index (Phi) is 3.15. The summed E-state index contributed by atoms with van der Waals surface area (Å²) >= 11 is 3.12. The maximum Gasteiger partial charge on any atom is 0.137 e. The average molecular weight is 260 g/mol. The maximum absolute atomic E-state index is 13.1. The first kappa shape index (κ1) is 10.1. The Morgan fingerprint density at radius 2 is 2.29 bits per heavy atom. The molecule has 1 aliphatic rings. The standard InChI is InChI=1S/C10H11BrFNO/c11-9-2-1-7(3-10(9)12)4-13-8-5-14-6-8/h1-3,8,13H,4-6H2. The molecule has 1 aromatic carbocycles. The Balaban J connectivity index is 1.91. The molecule has 0 unspecified atom stereocenters. The number of ether oxygens (including phenoxy) is 1. The molecule has 1 saturated heterocycles. The van der Waals surface area contributed by atoms with Gasteiger partial charge in [-0.1, -0.05) is 6.07 Å². The van der Waals surface area contributed by atoms with Gasteiger partial charge in [-0.25, -0.2) is 4.39 Å². The van der Waals surface area contributed by atoms with Crippen LogP contribution in [0.2, 0.25) is 0 Å². The largest absolute Gasteiger partial charge is 0.378 e. The molecular weight excluding hydrogens is 249 g/mol. The Bertz CT molecular complexity index is 328. The molecule has 0 atom stereocenters. The second-order valence-corrected chi connectivity index (χ2v) is 4.22. The molecule has 76 valence electrons. The minimum Gasteiger partial charge on any atom is -0.378 e. The van der Waals surface area contributed by atoms with Crippen LogP contribution in [0.5, 0.6) is 0 Å². The summed E-state index contributed by atoms with van der Waals surface area (Å²) in [7, 11) is 0. The summed E-state index contributed by atoms with van der Waals surface area (Å²) < 4.78 is 18.6. The van der Waals surface area contributed by atoms with Gasteiger partial charge >= 0.3 is 0 Å². The molecule has 0 amide bonds. The van der Waals surface area contributed by atoms with Crippen molar-refractivity contribution in [2.24, 2.45) is 0 Å². The van der Waals surface area contributed by atoms with Crippen molar-refractivity contribution in [3.8, 4) is 0 Å². The molecule has 1 fully saturated rings. The van der Waals surface area contributed by atoms with Crippen molar-refractivity contribution < 1.29 is 9.13 Å². The highest BCUT2D eigenvalue weighted by Crippen LogP contribution is 2.16. The summed E-state index contributed by atoms with van der Waals surface area (Å²) in [5.74, 6) is -0.214. The Morgan fingerprint density at radius 3 is 2.86 bits per heavy atom. The van der Waals surface area contributed by atoms with Crippen LogP contribution < -0.4 is 5.32 Å². The third-order valence-corrected chi connectivity index (χ3v) is 2.86. The van der Waals surface area contributed by atoms with Crippen molar-refractivity contribution in [3.05, 3.63) is 34.1 Å². The molecule has 0 radical (unpaired) electrons. The van der Waals surface area contributed by atoms with Gasteiger partial charge in [0.25, 0.3) is 0 Å². The predicted molar refractivity (Wildman–Crippen MR) is 55.5 cm³/mol. The molecule has 1 N–H and O–H groups in total. The molecule has 0 aromatic heterocycles. The van der Waals surface area contributed by atoms with Gasteiger partial charge in [-0.2, -0.15) is 0 Å². The molecule has 4 heteroatoms. The molecule has 0 aliphatic carbocycles. The van der Waals surface area contributed by atoms with E-state index < -0.39 is 0 Å². The third-order valence-electron chi connectivity index (χ3n) is 2.22. The van der Waals surface area contributed by atoms with E-state index in [1.54, 1.807) is 6.07 Å². The molecule has 14 heavy (non-hydrogen) atoms. The van der Waals surface area contributed by atoms with Crippen LogP contribution in [0.25, 0.3) is 0 Å². The molecule has 0 spiro atoms. The van der Waals surface area contributed by atoms with Gasteiger partial charge < -0.3 is 10.1 Å². The summed E-state index contributed by atoms with van der Waals surface area (Å²) in [6, 6.07) is 5.60. The van der Waals surface area contributed by atoms with E-state index in [4.69, 9.17) is 4.74 Å². The second-order valence-electron chi connectivity index (χ2n) is 3.36. The minimum absolute atomic E-state index is 0.214. The molecule has 0 saturated carbocycles. The van der Waals surface area contributed by atoms with Crippen molar-refractivity contribution >= 4 is 15.9 Å². The fourth-order valence-corrected chi connectivity index (χ4v) is 1.51. The Hall–Kier alpha value is -0.450. The molecular formula is C10H11BrFNO. The lowest BCUT2D eigenvalue weighted by Crippen LogP contribution is -2.45. The zero-order chi connectivity index (χ0) is 9.97. The van der Waals surface area contributed by atoms with Gasteiger partial charge in [-0.3, -0.25) is 0 Å². The van der Waals surface area contributed by atoms with Gasteiger partial charge in [-0.05, 0) is 33.6 Å². The van der Waals surface area contributed by atoms with Crippen molar-refractivity contribution in [3.63, 3.8) is 0 Å². The molecule has 2 rings (SSSR count). The van der Waals surface area contributed by atoms with Crippen LogP contribution in [-0.4, -0.2) is 19.3 Å². The van der Waals surface area contributed by atoms with E-state index in [0.717, 1.165) is 18.8 Å². The van der Waals surface area contributed by atoms with E-state index in [1.165, 1.54) is 6.07 Å². The Morgan fingerprint density at radius 1 is 1.50 bits per heavy atom. The molecule has 0 bridgehead atoms. The van der Waals surface area contributed by atoms with Gasteiger partial charge in [-0.15, -0.1) is 0 Å². The Labute approximate surface area is 90.6 Å². The molecule has 2 nitrogen and oxygen atoms in total. The zero-order valence-corrected chi connectivity index (χ0v) is 9.18. The van der Waals surface area contributed by atoms with E-state index >= 15 is 0 Å². The SMILES string of the molecule is Fc1cc(CNC2COC2)ccc1Br. The minimum atomic E-state index is -0.214. The fourth-order valence-electron chi connectivity index (χ4n) is 1.27. The van der Waals surface area contributed by atoms with Crippen molar-refractivity contribution in [1.29, 1.82) is 0 Å². The highest BCUT2D eigenvalue weighted by atomic mass is 79.9. The number of halogens is 2. The van der Waals surface area contributed by atoms with Crippen LogP contribution in [0.1, 0.15) is 5.56 Å². The first-order valence-electron chi connectivity index (χ1n) is 4.51. The normalized spacial score (nSPS) is 16.7. The summed E-state index contributed by atoms with van der Waals surface area (Å²) in [5, 5.41) is 3.28. The molecule has 1 aromatic rings. The summed E-state index contributed by atoms with van der Waals surface area (Å²) in [6.45, 7) is 2.22. The van der Waals surface area contributed by atoms with Crippen molar-refractivity contribution in [1.82, 2.24) is 5.32 Å². The lowest BCUT2D eigenvalue weighted by Gasteiger charge is -2.27. The maximum atomic E-state index is 13.1. The number of benzene rings is 1. The lowest BCUT2D eigenvalue weighted by atomic mass is 10.2. The average Bonchev–Trinajstić information content (AvgIpc) is 2.08. The van der Waals surface area contributed by atoms with Crippen molar-refractivity contribution in [2.45, 2.75) is 12.6 Å². The number of rotatable bonds is 3. The zero-order valence-electron chi connectivity index (χ0n) is 7.59. The van der Waals surface area contributed by atoms with Crippen LogP contribution in [0.15, 0.2) is 22.7 Å². The lowest BCUT2D eigenvalue weighted by molar-refractivity contribution is -0.00579. The van der Waals surface area contributed by atoms with Gasteiger partial charge in [0.1, 0.15) is 5.82 Å². The summed E-state index contributed by atoms with van der Waals surface area (Å²) in [6.07, 6.45) is 0. The quantitative estimate of drug-likeness (QED) is 0.898. The van der Waals surface area contributed by atoms with Crippen LogP contribution in [0.3, 0.4) is 0 Å². The van der Waals surface area contributed by atoms with Gasteiger partial charge in [0.2, 0.25) is 0 Å². The summed E-state index contributed by atoms with van der Waals surface area (Å²) in [5.41, 5.74) is 0.956. The van der Waals surface area contributed by atoms with Crippen LogP contribution in [0.4, 0.5) is 4.39 Å². The van der Waals surface area contributed by atoms with Crippen molar-refractivity contribution in [2.75, 3.05) is 13.2 Å². The molecule has 1 aliphatic heterocycles. The smallest absolute Gasteiger partial charge is 0.137 e. The van der Waals surface area contributed by atoms with Crippen LogP contribution in [-0.2, 0) is 11.3 Å². The number of hydrogen-bond donors (Lipinski definition) is 1. The summed E-state index contributed by atoms with van der Waals surface area (Å²) in [4.78, 5) is 0. The van der Waals surface area contributed by atoms with E-state index in [9.17, 15) is 4.39 Å². The third kappa shape index (κ3) is 2.32. The van der Waals surface area contributed by atoms with Crippen LogP contribution >= 0.6 is 15.9 Å². The second kappa shape index (κ2) is 4.38.